The molecule has 0 fully saturated rings. The third-order valence-electron chi connectivity index (χ3n) is 5.09. The van der Waals surface area contributed by atoms with Gasteiger partial charge in [-0.25, -0.2) is 0 Å². The van der Waals surface area contributed by atoms with Crippen LogP contribution in [0.5, 0.6) is 0 Å². The Kier molecular flexibility index (Phi) is 6.23. The second-order valence-electron chi connectivity index (χ2n) is 7.37. The minimum absolute atomic E-state index is 0.0928. The molecule has 0 aliphatic carbocycles. The van der Waals surface area contributed by atoms with Crippen molar-refractivity contribution >= 4 is 17.7 Å². The number of hydrogen-bond donors (Lipinski definition) is 1. The van der Waals surface area contributed by atoms with Crippen molar-refractivity contribution in [2.24, 2.45) is 0 Å². The molecule has 6 nitrogen and oxygen atoms in total. The van der Waals surface area contributed by atoms with Gasteiger partial charge in [0.2, 0.25) is 5.91 Å². The minimum Gasteiger partial charge on any atom is -0.467 e. The van der Waals surface area contributed by atoms with Gasteiger partial charge in [0.25, 0.3) is 0 Å². The SMILES string of the molecule is Cc1ccc(-n2c(SCC(=O)NC(C)c3ccco3)nnc2-c2ccccc2)cc1C. The summed E-state index contributed by atoms with van der Waals surface area (Å²) in [6, 6.07) is 19.7. The Hall–Kier alpha value is -3.32. The van der Waals surface area contributed by atoms with Crippen molar-refractivity contribution < 1.29 is 9.21 Å². The Balaban J connectivity index is 1.59. The van der Waals surface area contributed by atoms with Gasteiger partial charge in [0.15, 0.2) is 11.0 Å². The van der Waals surface area contributed by atoms with E-state index < -0.39 is 0 Å². The molecule has 2 heterocycles. The van der Waals surface area contributed by atoms with E-state index in [0.717, 1.165) is 22.8 Å². The van der Waals surface area contributed by atoms with E-state index in [4.69, 9.17) is 4.42 Å². The number of nitrogens with zero attached hydrogens (tertiary/aromatic N) is 3. The predicted octanol–water partition coefficient (Wildman–Crippen LogP) is 5.11. The first-order valence-electron chi connectivity index (χ1n) is 10.1. The molecule has 0 aliphatic rings. The molecule has 7 heteroatoms. The third-order valence-corrected chi connectivity index (χ3v) is 6.02. The Morgan fingerprint density at radius 1 is 1.06 bits per heavy atom. The molecule has 0 spiro atoms. The Bertz CT molecular complexity index is 1170. The molecule has 4 aromatic rings. The largest absolute Gasteiger partial charge is 0.467 e. The zero-order valence-corrected chi connectivity index (χ0v) is 18.5. The molecule has 1 N–H and O–H groups in total. The van der Waals surface area contributed by atoms with E-state index >= 15 is 0 Å². The lowest BCUT2D eigenvalue weighted by Gasteiger charge is -2.13. The monoisotopic (exact) mass is 432 g/mol. The van der Waals surface area contributed by atoms with Crippen LogP contribution in [0.25, 0.3) is 17.1 Å². The first kappa shape index (κ1) is 20.9. The lowest BCUT2D eigenvalue weighted by atomic mass is 10.1. The highest BCUT2D eigenvalue weighted by Crippen LogP contribution is 2.29. The number of carbonyl (C=O) groups excluding carboxylic acids is 1. The summed E-state index contributed by atoms with van der Waals surface area (Å²) >= 11 is 1.36. The summed E-state index contributed by atoms with van der Waals surface area (Å²) in [4.78, 5) is 12.5. The molecule has 1 amide bonds. The number of furan rings is 1. The van der Waals surface area contributed by atoms with Gasteiger partial charge in [0, 0.05) is 5.56 Å². The van der Waals surface area contributed by atoms with Gasteiger partial charge in [0.05, 0.1) is 23.7 Å². The number of hydrogen-bond acceptors (Lipinski definition) is 5. The molecule has 1 atom stereocenters. The molecular formula is C24H24N4O2S. The molecule has 0 aliphatic heterocycles. The second-order valence-corrected chi connectivity index (χ2v) is 8.31. The maximum absolute atomic E-state index is 12.5. The van der Waals surface area contributed by atoms with Gasteiger partial charge >= 0.3 is 0 Å². The van der Waals surface area contributed by atoms with Crippen molar-refractivity contribution in [1.29, 1.82) is 0 Å². The summed E-state index contributed by atoms with van der Waals surface area (Å²) in [7, 11) is 0. The van der Waals surface area contributed by atoms with E-state index in [9.17, 15) is 4.79 Å². The molecule has 31 heavy (non-hydrogen) atoms. The summed E-state index contributed by atoms with van der Waals surface area (Å²) in [5.41, 5.74) is 4.35. The van der Waals surface area contributed by atoms with Crippen LogP contribution >= 0.6 is 11.8 Å². The highest BCUT2D eigenvalue weighted by atomic mass is 32.2. The first-order valence-corrected chi connectivity index (χ1v) is 11.1. The quantitative estimate of drug-likeness (QED) is 0.411. The fourth-order valence-corrected chi connectivity index (χ4v) is 4.02. The van der Waals surface area contributed by atoms with E-state index in [1.165, 1.54) is 22.9 Å². The summed E-state index contributed by atoms with van der Waals surface area (Å²) in [5.74, 6) is 1.60. The first-order chi connectivity index (χ1) is 15.0. The highest BCUT2D eigenvalue weighted by molar-refractivity contribution is 7.99. The predicted molar refractivity (Wildman–Crippen MR) is 122 cm³/mol. The summed E-state index contributed by atoms with van der Waals surface area (Å²) in [5, 5.41) is 12.5. The summed E-state index contributed by atoms with van der Waals surface area (Å²) in [6.45, 7) is 6.07. The van der Waals surface area contributed by atoms with E-state index in [1.54, 1.807) is 6.26 Å². The van der Waals surface area contributed by atoms with Crippen LogP contribution in [0.1, 0.15) is 29.9 Å². The van der Waals surface area contributed by atoms with E-state index in [-0.39, 0.29) is 17.7 Å². The van der Waals surface area contributed by atoms with Crippen LogP contribution in [0.2, 0.25) is 0 Å². The van der Waals surface area contributed by atoms with Crippen LogP contribution in [0, 0.1) is 13.8 Å². The topological polar surface area (TPSA) is 73.0 Å². The lowest BCUT2D eigenvalue weighted by Crippen LogP contribution is -2.28. The van der Waals surface area contributed by atoms with Gasteiger partial charge < -0.3 is 9.73 Å². The van der Waals surface area contributed by atoms with Crippen LogP contribution in [-0.4, -0.2) is 26.4 Å². The van der Waals surface area contributed by atoms with Crippen molar-refractivity contribution in [3.8, 4) is 17.1 Å². The molecule has 2 aromatic carbocycles. The van der Waals surface area contributed by atoms with Crippen LogP contribution in [-0.2, 0) is 4.79 Å². The zero-order valence-electron chi connectivity index (χ0n) is 17.7. The van der Waals surface area contributed by atoms with E-state index in [2.05, 4.69) is 47.6 Å². The molecule has 0 saturated heterocycles. The smallest absolute Gasteiger partial charge is 0.231 e. The molecular weight excluding hydrogens is 408 g/mol. The maximum Gasteiger partial charge on any atom is 0.231 e. The molecule has 0 radical (unpaired) electrons. The average molecular weight is 433 g/mol. The van der Waals surface area contributed by atoms with Gasteiger partial charge in [0.1, 0.15) is 5.76 Å². The molecule has 0 bridgehead atoms. The standard InChI is InChI=1S/C24H24N4O2S/c1-16-11-12-20(14-17(16)2)28-23(19-8-5-4-6-9-19)26-27-24(28)31-15-22(29)25-18(3)21-10-7-13-30-21/h4-14,18H,15H2,1-3H3,(H,25,29). The van der Waals surface area contributed by atoms with Crippen molar-refractivity contribution in [1.82, 2.24) is 20.1 Å². The van der Waals surface area contributed by atoms with Crippen molar-refractivity contribution in [2.45, 2.75) is 32.0 Å². The van der Waals surface area contributed by atoms with Crippen LogP contribution in [0.15, 0.2) is 76.5 Å². The molecule has 2 aromatic heterocycles. The number of thioether (sulfide) groups is 1. The number of benzene rings is 2. The van der Waals surface area contributed by atoms with Gasteiger partial charge in [-0.05, 0) is 56.2 Å². The van der Waals surface area contributed by atoms with Gasteiger partial charge in [-0.15, -0.1) is 10.2 Å². The Labute approximate surface area is 185 Å². The number of rotatable bonds is 7. The average Bonchev–Trinajstić information content (AvgIpc) is 3.45. The van der Waals surface area contributed by atoms with Crippen molar-refractivity contribution in [3.63, 3.8) is 0 Å². The van der Waals surface area contributed by atoms with E-state index in [0.29, 0.717) is 5.16 Å². The molecule has 158 valence electrons. The summed E-state index contributed by atoms with van der Waals surface area (Å²) < 4.78 is 7.37. The van der Waals surface area contributed by atoms with E-state index in [1.807, 2.05) is 54.0 Å². The number of aromatic nitrogens is 3. The Morgan fingerprint density at radius 3 is 2.58 bits per heavy atom. The second kappa shape index (κ2) is 9.22. The van der Waals surface area contributed by atoms with Gasteiger partial charge in [-0.1, -0.05) is 48.2 Å². The fourth-order valence-electron chi connectivity index (χ4n) is 3.26. The van der Waals surface area contributed by atoms with Gasteiger partial charge in [-0.3, -0.25) is 9.36 Å². The minimum atomic E-state index is -0.194. The normalized spacial score (nSPS) is 12.0. The molecule has 1 unspecified atom stereocenters. The third kappa shape index (κ3) is 4.72. The number of carbonyl (C=O) groups is 1. The molecule has 0 saturated carbocycles. The van der Waals surface area contributed by atoms with Crippen LogP contribution in [0.3, 0.4) is 0 Å². The highest BCUT2D eigenvalue weighted by Gasteiger charge is 2.18. The van der Waals surface area contributed by atoms with Crippen LogP contribution in [0.4, 0.5) is 0 Å². The number of nitrogens with one attached hydrogen (secondary N) is 1. The fraction of sp³-hybridized carbons (Fsp3) is 0.208. The number of aryl methyl sites for hydroxylation is 2. The Morgan fingerprint density at radius 2 is 1.87 bits per heavy atom. The van der Waals surface area contributed by atoms with Crippen molar-refractivity contribution in [2.75, 3.05) is 5.75 Å². The maximum atomic E-state index is 12.5. The van der Waals surface area contributed by atoms with Crippen LogP contribution < -0.4 is 5.32 Å². The zero-order chi connectivity index (χ0) is 21.8. The summed E-state index contributed by atoms with van der Waals surface area (Å²) in [6.07, 6.45) is 1.60. The van der Waals surface area contributed by atoms with Gasteiger partial charge in [-0.2, -0.15) is 0 Å². The number of amides is 1. The van der Waals surface area contributed by atoms with Crippen molar-refractivity contribution in [3.05, 3.63) is 83.8 Å². The lowest BCUT2D eigenvalue weighted by molar-refractivity contribution is -0.119. The molecule has 4 rings (SSSR count).